The topological polar surface area (TPSA) is 111 Å². The van der Waals surface area contributed by atoms with E-state index in [4.69, 9.17) is 9.47 Å². The van der Waals surface area contributed by atoms with Gasteiger partial charge in [-0.1, -0.05) is 12.1 Å². The first-order valence-electron chi connectivity index (χ1n) is 9.29. The Balaban J connectivity index is 1.95. The Hall–Kier alpha value is -3.68. The van der Waals surface area contributed by atoms with Gasteiger partial charge in [0.15, 0.2) is 6.61 Å². The molecule has 30 heavy (non-hydrogen) atoms. The maximum atomic E-state index is 12.5. The third kappa shape index (κ3) is 7.05. The zero-order valence-corrected chi connectivity index (χ0v) is 17.1. The number of Topliss-reactive ketones (excluding diaryl/α,β-unsaturated/α-hetero) is 1. The second-order valence-electron chi connectivity index (χ2n) is 6.55. The lowest BCUT2D eigenvalue weighted by Crippen LogP contribution is -2.18. The number of anilines is 2. The minimum Gasteiger partial charge on any atom is -0.497 e. The van der Waals surface area contributed by atoms with Gasteiger partial charge in [0.05, 0.1) is 12.8 Å². The van der Waals surface area contributed by atoms with Crippen LogP contribution in [0.25, 0.3) is 0 Å². The van der Waals surface area contributed by atoms with E-state index < -0.39 is 18.4 Å². The molecule has 0 aliphatic carbocycles. The standard InChI is InChI=1S/C22H24N2O6/c1-14(25)23-17-7-10-19(20(12-17)24-15(2)26)21(27)13-30-22(28)11-6-16-4-8-18(29-3)9-5-16/h4-5,7-10,12H,6,11,13H2,1-3H3,(H,23,25)(H,24,26). The van der Waals surface area contributed by atoms with Crippen molar-refractivity contribution in [2.75, 3.05) is 24.4 Å². The molecule has 0 fully saturated rings. The highest BCUT2D eigenvalue weighted by molar-refractivity contribution is 6.06. The molecule has 2 rings (SSSR count). The summed E-state index contributed by atoms with van der Waals surface area (Å²) in [5.74, 6) is -0.901. The van der Waals surface area contributed by atoms with Crippen molar-refractivity contribution in [2.45, 2.75) is 26.7 Å². The number of methoxy groups -OCH3 is 1. The van der Waals surface area contributed by atoms with Gasteiger partial charge in [0.25, 0.3) is 0 Å². The predicted molar refractivity (Wildman–Crippen MR) is 112 cm³/mol. The normalized spacial score (nSPS) is 10.1. The van der Waals surface area contributed by atoms with Gasteiger partial charge in [-0.15, -0.1) is 0 Å². The Labute approximate surface area is 174 Å². The Bertz CT molecular complexity index is 937. The third-order valence-corrected chi connectivity index (χ3v) is 4.09. The van der Waals surface area contributed by atoms with E-state index in [1.807, 2.05) is 12.1 Å². The second kappa shape index (κ2) is 10.8. The number of hydrogen-bond donors (Lipinski definition) is 2. The molecule has 2 aromatic carbocycles. The molecule has 0 heterocycles. The summed E-state index contributed by atoms with van der Waals surface area (Å²) in [6.07, 6.45) is 0.596. The van der Waals surface area contributed by atoms with Crippen molar-refractivity contribution in [3.05, 3.63) is 53.6 Å². The molecule has 2 amide bonds. The van der Waals surface area contributed by atoms with Crippen LogP contribution >= 0.6 is 0 Å². The maximum Gasteiger partial charge on any atom is 0.306 e. The fourth-order valence-corrected chi connectivity index (χ4v) is 2.70. The molecule has 0 radical (unpaired) electrons. The Morgan fingerprint density at radius 2 is 1.57 bits per heavy atom. The highest BCUT2D eigenvalue weighted by Crippen LogP contribution is 2.22. The van der Waals surface area contributed by atoms with E-state index in [-0.39, 0.29) is 29.5 Å². The third-order valence-electron chi connectivity index (χ3n) is 4.09. The number of esters is 1. The summed E-state index contributed by atoms with van der Waals surface area (Å²) in [4.78, 5) is 47.2. The fraction of sp³-hybridized carbons (Fsp3) is 0.273. The molecule has 0 bridgehead atoms. The average molecular weight is 412 g/mol. The Morgan fingerprint density at radius 1 is 0.900 bits per heavy atom. The van der Waals surface area contributed by atoms with Crippen molar-refractivity contribution in [2.24, 2.45) is 0 Å². The van der Waals surface area contributed by atoms with E-state index in [1.165, 1.54) is 32.0 Å². The monoisotopic (exact) mass is 412 g/mol. The Kier molecular flexibility index (Phi) is 8.10. The van der Waals surface area contributed by atoms with Gasteiger partial charge in [-0.05, 0) is 42.3 Å². The number of carbonyl (C=O) groups is 4. The number of amides is 2. The van der Waals surface area contributed by atoms with Crippen molar-refractivity contribution in [3.63, 3.8) is 0 Å². The van der Waals surface area contributed by atoms with Gasteiger partial charge in [-0.25, -0.2) is 0 Å². The minimum atomic E-state index is -0.505. The maximum absolute atomic E-state index is 12.5. The molecule has 2 aromatic rings. The van der Waals surface area contributed by atoms with Crippen LogP contribution in [-0.2, 0) is 25.5 Å². The zero-order valence-electron chi connectivity index (χ0n) is 17.1. The number of ketones is 1. The SMILES string of the molecule is COc1ccc(CCC(=O)OCC(=O)c2ccc(NC(C)=O)cc2NC(C)=O)cc1. The van der Waals surface area contributed by atoms with E-state index in [1.54, 1.807) is 19.2 Å². The molecule has 0 atom stereocenters. The van der Waals surface area contributed by atoms with Crippen LogP contribution in [-0.4, -0.2) is 37.3 Å². The molecule has 2 N–H and O–H groups in total. The molecule has 0 aromatic heterocycles. The lowest BCUT2D eigenvalue weighted by Gasteiger charge is -2.12. The summed E-state index contributed by atoms with van der Waals surface area (Å²) in [5.41, 5.74) is 1.79. The van der Waals surface area contributed by atoms with Crippen molar-refractivity contribution >= 4 is 34.9 Å². The first-order valence-corrected chi connectivity index (χ1v) is 9.29. The van der Waals surface area contributed by atoms with Crippen LogP contribution in [0.3, 0.4) is 0 Å². The fourth-order valence-electron chi connectivity index (χ4n) is 2.70. The summed E-state index contributed by atoms with van der Waals surface area (Å²) in [6.45, 7) is 2.20. The number of hydrogen-bond acceptors (Lipinski definition) is 6. The van der Waals surface area contributed by atoms with E-state index in [9.17, 15) is 19.2 Å². The summed E-state index contributed by atoms with van der Waals surface area (Å²) >= 11 is 0. The molecule has 0 aliphatic rings. The molecular formula is C22H24N2O6. The highest BCUT2D eigenvalue weighted by Gasteiger charge is 2.16. The van der Waals surface area contributed by atoms with E-state index in [0.717, 1.165) is 11.3 Å². The molecule has 0 unspecified atom stereocenters. The summed E-state index contributed by atoms with van der Waals surface area (Å²) < 4.78 is 10.2. The largest absolute Gasteiger partial charge is 0.497 e. The molecule has 158 valence electrons. The van der Waals surface area contributed by atoms with Gasteiger partial charge in [0.2, 0.25) is 17.6 Å². The molecule has 0 saturated heterocycles. The van der Waals surface area contributed by atoms with E-state index >= 15 is 0 Å². The van der Waals surface area contributed by atoms with Crippen LogP contribution in [0.2, 0.25) is 0 Å². The van der Waals surface area contributed by atoms with Gasteiger partial charge in [0.1, 0.15) is 5.75 Å². The number of carbonyl (C=O) groups excluding carboxylic acids is 4. The number of ether oxygens (including phenoxy) is 2. The number of rotatable bonds is 9. The van der Waals surface area contributed by atoms with E-state index in [2.05, 4.69) is 10.6 Å². The van der Waals surface area contributed by atoms with Gasteiger partial charge in [-0.2, -0.15) is 0 Å². The van der Waals surface area contributed by atoms with Crippen molar-refractivity contribution in [1.29, 1.82) is 0 Å². The number of benzene rings is 2. The summed E-state index contributed by atoms with van der Waals surface area (Å²) in [5, 5.41) is 5.13. The van der Waals surface area contributed by atoms with Crippen LogP contribution in [0.5, 0.6) is 5.75 Å². The zero-order chi connectivity index (χ0) is 22.1. The van der Waals surface area contributed by atoms with Crippen LogP contribution < -0.4 is 15.4 Å². The lowest BCUT2D eigenvalue weighted by molar-refractivity contribution is -0.142. The second-order valence-corrected chi connectivity index (χ2v) is 6.55. The van der Waals surface area contributed by atoms with Gasteiger partial charge >= 0.3 is 5.97 Å². The molecule has 8 nitrogen and oxygen atoms in total. The van der Waals surface area contributed by atoms with Crippen molar-refractivity contribution in [3.8, 4) is 5.75 Å². The van der Waals surface area contributed by atoms with Gasteiger partial charge < -0.3 is 20.1 Å². The smallest absolute Gasteiger partial charge is 0.306 e. The highest BCUT2D eigenvalue weighted by atomic mass is 16.5. The minimum absolute atomic E-state index is 0.125. The van der Waals surface area contributed by atoms with Crippen LogP contribution in [0, 0.1) is 0 Å². The molecule has 0 spiro atoms. The average Bonchev–Trinajstić information content (AvgIpc) is 2.70. The van der Waals surface area contributed by atoms with Gasteiger partial charge in [-0.3, -0.25) is 19.2 Å². The number of nitrogens with one attached hydrogen (secondary N) is 2. The van der Waals surface area contributed by atoms with Crippen LogP contribution in [0.15, 0.2) is 42.5 Å². The van der Waals surface area contributed by atoms with Crippen LogP contribution in [0.1, 0.15) is 36.2 Å². The predicted octanol–water partition coefficient (Wildman–Crippen LogP) is 2.97. The van der Waals surface area contributed by atoms with Crippen molar-refractivity contribution in [1.82, 2.24) is 0 Å². The van der Waals surface area contributed by atoms with Gasteiger partial charge in [0, 0.05) is 31.5 Å². The first-order chi connectivity index (χ1) is 14.3. The quantitative estimate of drug-likeness (QED) is 0.484. The summed E-state index contributed by atoms with van der Waals surface area (Å²) in [7, 11) is 1.58. The summed E-state index contributed by atoms with van der Waals surface area (Å²) in [6, 6.07) is 11.8. The molecule has 0 aliphatic heterocycles. The van der Waals surface area contributed by atoms with Crippen LogP contribution in [0.4, 0.5) is 11.4 Å². The molecular weight excluding hydrogens is 388 g/mol. The van der Waals surface area contributed by atoms with Crippen molar-refractivity contribution < 1.29 is 28.7 Å². The number of aryl methyl sites for hydroxylation is 1. The molecule has 0 saturated carbocycles. The lowest BCUT2D eigenvalue weighted by atomic mass is 10.1. The Morgan fingerprint density at radius 3 is 2.17 bits per heavy atom. The van der Waals surface area contributed by atoms with E-state index in [0.29, 0.717) is 12.1 Å². The first kappa shape index (κ1) is 22.6. The molecule has 8 heteroatoms.